The van der Waals surface area contributed by atoms with Gasteiger partial charge in [-0.1, -0.05) is 6.42 Å². The maximum absolute atomic E-state index is 11.4. The van der Waals surface area contributed by atoms with Crippen molar-refractivity contribution in [1.82, 2.24) is 5.32 Å². The summed E-state index contributed by atoms with van der Waals surface area (Å²) < 4.78 is 0. The van der Waals surface area contributed by atoms with Crippen LogP contribution in [0, 0.1) is 17.8 Å². The molecule has 0 aromatic heterocycles. The average molecular weight is 197 g/mol. The predicted molar refractivity (Wildman–Crippen MR) is 53.7 cm³/mol. The molecular weight excluding hydrogens is 178 g/mol. The van der Waals surface area contributed by atoms with Crippen molar-refractivity contribution in [1.29, 1.82) is 0 Å². The van der Waals surface area contributed by atoms with E-state index in [4.69, 9.17) is 5.11 Å². The lowest BCUT2D eigenvalue weighted by Gasteiger charge is -2.17. The van der Waals surface area contributed by atoms with Crippen LogP contribution in [0.15, 0.2) is 0 Å². The summed E-state index contributed by atoms with van der Waals surface area (Å²) in [4.78, 5) is 11.4. The van der Waals surface area contributed by atoms with Gasteiger partial charge in [-0.3, -0.25) is 4.79 Å². The monoisotopic (exact) mass is 197 g/mol. The van der Waals surface area contributed by atoms with Crippen LogP contribution in [0.25, 0.3) is 0 Å². The Kier molecular flexibility index (Phi) is 3.06. The van der Waals surface area contributed by atoms with Crippen LogP contribution in [0.3, 0.4) is 0 Å². The van der Waals surface area contributed by atoms with Crippen molar-refractivity contribution in [2.75, 3.05) is 13.2 Å². The van der Waals surface area contributed by atoms with Gasteiger partial charge in [-0.05, 0) is 37.5 Å². The number of nitrogens with one attached hydrogen (secondary N) is 1. The predicted octanol–water partition coefficient (Wildman–Crippen LogP) is 0.921. The fourth-order valence-electron chi connectivity index (χ4n) is 2.34. The smallest absolute Gasteiger partial charge is 0.223 e. The van der Waals surface area contributed by atoms with Gasteiger partial charge in [-0.25, -0.2) is 0 Å². The van der Waals surface area contributed by atoms with Crippen molar-refractivity contribution >= 4 is 5.91 Å². The summed E-state index contributed by atoms with van der Waals surface area (Å²) in [5, 5.41) is 12.1. The van der Waals surface area contributed by atoms with Crippen LogP contribution in [0.5, 0.6) is 0 Å². The number of rotatable bonds is 4. The maximum Gasteiger partial charge on any atom is 0.223 e. The van der Waals surface area contributed by atoms with Crippen LogP contribution in [-0.4, -0.2) is 24.2 Å². The van der Waals surface area contributed by atoms with E-state index in [1.165, 1.54) is 6.42 Å². The first kappa shape index (κ1) is 9.97. The Hall–Kier alpha value is -0.570. The Balaban J connectivity index is 1.70. The zero-order chi connectivity index (χ0) is 9.97. The minimum Gasteiger partial charge on any atom is -0.396 e. The van der Waals surface area contributed by atoms with Gasteiger partial charge in [0.25, 0.3) is 0 Å². The van der Waals surface area contributed by atoms with Gasteiger partial charge in [0.2, 0.25) is 5.91 Å². The molecule has 0 saturated heterocycles. The number of carbonyl (C=O) groups excluding carboxylic acids is 1. The zero-order valence-corrected chi connectivity index (χ0v) is 8.54. The first-order chi connectivity index (χ1) is 6.81. The summed E-state index contributed by atoms with van der Waals surface area (Å²) in [5.41, 5.74) is 0. The summed E-state index contributed by atoms with van der Waals surface area (Å²) in [7, 11) is 0. The molecule has 3 heteroatoms. The third-order valence-electron chi connectivity index (χ3n) is 3.54. The molecule has 2 aliphatic carbocycles. The van der Waals surface area contributed by atoms with Gasteiger partial charge in [0.15, 0.2) is 0 Å². The van der Waals surface area contributed by atoms with Gasteiger partial charge in [-0.15, -0.1) is 0 Å². The second-order valence-electron chi connectivity index (χ2n) is 4.65. The number of carbonyl (C=O) groups is 1. The lowest BCUT2D eigenvalue weighted by atomic mass is 9.97. The standard InChI is InChI=1S/C11H19NO2/c13-7-10-3-1-2-9(10)6-12-11(14)8-4-5-8/h8-10,13H,1-7H2,(H,12,14). The van der Waals surface area contributed by atoms with Crippen LogP contribution in [0.4, 0.5) is 0 Å². The SMILES string of the molecule is O=C(NCC1CCCC1CO)C1CC1. The third-order valence-corrected chi connectivity index (χ3v) is 3.54. The van der Waals surface area contributed by atoms with Gasteiger partial charge in [-0.2, -0.15) is 0 Å². The Morgan fingerprint density at radius 2 is 1.93 bits per heavy atom. The molecule has 0 heterocycles. The van der Waals surface area contributed by atoms with Crippen LogP contribution in [0.1, 0.15) is 32.1 Å². The molecule has 2 unspecified atom stereocenters. The maximum atomic E-state index is 11.4. The number of aliphatic hydroxyl groups is 1. The number of hydrogen-bond donors (Lipinski definition) is 2. The lowest BCUT2D eigenvalue weighted by molar-refractivity contribution is -0.122. The van der Waals surface area contributed by atoms with Crippen molar-refractivity contribution in [3.8, 4) is 0 Å². The Labute approximate surface area is 84.9 Å². The van der Waals surface area contributed by atoms with Gasteiger partial charge < -0.3 is 10.4 Å². The quantitative estimate of drug-likeness (QED) is 0.704. The highest BCUT2D eigenvalue weighted by atomic mass is 16.3. The van der Waals surface area contributed by atoms with Crippen molar-refractivity contribution < 1.29 is 9.90 Å². The minimum atomic E-state index is 0.230. The van der Waals surface area contributed by atoms with Crippen molar-refractivity contribution in [2.45, 2.75) is 32.1 Å². The molecule has 80 valence electrons. The highest BCUT2D eigenvalue weighted by Gasteiger charge is 2.31. The van der Waals surface area contributed by atoms with Crippen molar-refractivity contribution in [3.63, 3.8) is 0 Å². The van der Waals surface area contributed by atoms with Crippen molar-refractivity contribution in [3.05, 3.63) is 0 Å². The lowest BCUT2D eigenvalue weighted by Crippen LogP contribution is -2.32. The summed E-state index contributed by atoms with van der Waals surface area (Å²) in [6.45, 7) is 1.06. The minimum absolute atomic E-state index is 0.230. The van der Waals surface area contributed by atoms with Crippen molar-refractivity contribution in [2.24, 2.45) is 17.8 Å². The number of aliphatic hydroxyl groups excluding tert-OH is 1. The van der Waals surface area contributed by atoms with E-state index in [2.05, 4.69) is 5.32 Å². The average Bonchev–Trinajstić information content (AvgIpc) is 2.94. The Morgan fingerprint density at radius 1 is 1.21 bits per heavy atom. The largest absolute Gasteiger partial charge is 0.396 e. The first-order valence-corrected chi connectivity index (χ1v) is 5.70. The molecule has 2 saturated carbocycles. The first-order valence-electron chi connectivity index (χ1n) is 5.70. The zero-order valence-electron chi connectivity index (χ0n) is 8.54. The van der Waals surface area contributed by atoms with E-state index in [0.717, 1.165) is 32.2 Å². The Bertz CT molecular complexity index is 213. The van der Waals surface area contributed by atoms with Crippen LogP contribution < -0.4 is 5.32 Å². The van der Waals surface area contributed by atoms with Gasteiger partial charge in [0.05, 0.1) is 0 Å². The topological polar surface area (TPSA) is 49.3 Å². The molecule has 0 radical (unpaired) electrons. The van der Waals surface area contributed by atoms with E-state index in [1.807, 2.05) is 0 Å². The fourth-order valence-corrected chi connectivity index (χ4v) is 2.34. The van der Waals surface area contributed by atoms with E-state index >= 15 is 0 Å². The molecule has 3 nitrogen and oxygen atoms in total. The van der Waals surface area contributed by atoms with Gasteiger partial charge in [0.1, 0.15) is 0 Å². The number of hydrogen-bond acceptors (Lipinski definition) is 2. The molecule has 0 aromatic rings. The highest BCUT2D eigenvalue weighted by molar-refractivity contribution is 5.80. The molecule has 2 fully saturated rings. The molecule has 2 rings (SSSR count). The van der Waals surface area contributed by atoms with E-state index in [0.29, 0.717) is 17.8 Å². The Morgan fingerprint density at radius 3 is 2.57 bits per heavy atom. The summed E-state index contributed by atoms with van der Waals surface area (Å²) in [6.07, 6.45) is 5.63. The molecule has 14 heavy (non-hydrogen) atoms. The van der Waals surface area contributed by atoms with Gasteiger partial charge >= 0.3 is 0 Å². The molecule has 2 N–H and O–H groups in total. The van der Waals surface area contributed by atoms with E-state index < -0.39 is 0 Å². The molecule has 1 amide bonds. The van der Waals surface area contributed by atoms with Crippen LogP contribution >= 0.6 is 0 Å². The molecule has 0 bridgehead atoms. The molecule has 0 aliphatic heterocycles. The second kappa shape index (κ2) is 4.30. The summed E-state index contributed by atoms with van der Waals surface area (Å²) >= 11 is 0. The normalized spacial score (nSPS) is 31.8. The summed E-state index contributed by atoms with van der Waals surface area (Å²) in [5.74, 6) is 1.48. The molecule has 0 aromatic carbocycles. The molecular formula is C11H19NO2. The van der Waals surface area contributed by atoms with Gasteiger partial charge in [0, 0.05) is 19.1 Å². The highest BCUT2D eigenvalue weighted by Crippen LogP contribution is 2.32. The molecule has 2 atom stereocenters. The third kappa shape index (κ3) is 2.27. The van der Waals surface area contributed by atoms with E-state index in [1.54, 1.807) is 0 Å². The molecule has 2 aliphatic rings. The number of amides is 1. The molecule has 0 spiro atoms. The van der Waals surface area contributed by atoms with Crippen LogP contribution in [0.2, 0.25) is 0 Å². The fraction of sp³-hybridized carbons (Fsp3) is 0.909. The van der Waals surface area contributed by atoms with E-state index in [9.17, 15) is 4.79 Å². The second-order valence-corrected chi connectivity index (χ2v) is 4.65. The summed E-state index contributed by atoms with van der Waals surface area (Å²) in [6, 6.07) is 0. The van der Waals surface area contributed by atoms with Crippen LogP contribution in [-0.2, 0) is 4.79 Å². The van der Waals surface area contributed by atoms with E-state index in [-0.39, 0.29) is 12.5 Å².